The Bertz CT molecular complexity index is 1380. The lowest BCUT2D eigenvalue weighted by Crippen LogP contribution is -2.14. The standard InChI is InChI=1S/C22H20N8O/c1-28-11-15(9-24-28)7-21(31)27-19-5-3-16(4-6-19)22-20-8-17(13-30(20)26-14-23-22)18-10-25-29(2)12-18/h3-6,8-14H,7H2,1-2H3,(H,27,31). The van der Waals surface area contributed by atoms with Gasteiger partial charge in [0.25, 0.3) is 0 Å². The van der Waals surface area contributed by atoms with Crippen LogP contribution in [0.5, 0.6) is 0 Å². The van der Waals surface area contributed by atoms with Crippen molar-refractivity contribution in [2.24, 2.45) is 14.1 Å². The van der Waals surface area contributed by atoms with Crippen molar-refractivity contribution in [2.75, 3.05) is 5.32 Å². The Morgan fingerprint density at radius 3 is 2.39 bits per heavy atom. The molecule has 4 aromatic heterocycles. The van der Waals surface area contributed by atoms with Gasteiger partial charge < -0.3 is 5.32 Å². The summed E-state index contributed by atoms with van der Waals surface area (Å²) in [6.45, 7) is 0. The van der Waals surface area contributed by atoms with Crippen molar-refractivity contribution in [3.05, 3.63) is 73.2 Å². The first kappa shape index (κ1) is 18.7. The number of hydrogen-bond acceptors (Lipinski definition) is 5. The SMILES string of the molecule is Cn1cc(CC(=O)Nc2ccc(-c3ncnn4cc(-c5cnn(C)c5)cc34)cc2)cn1. The van der Waals surface area contributed by atoms with E-state index in [0.717, 1.165) is 39.2 Å². The van der Waals surface area contributed by atoms with E-state index in [1.165, 1.54) is 0 Å². The molecule has 5 aromatic rings. The summed E-state index contributed by atoms with van der Waals surface area (Å²) >= 11 is 0. The second-order valence-electron chi connectivity index (χ2n) is 7.39. The topological polar surface area (TPSA) is 94.9 Å². The monoisotopic (exact) mass is 412 g/mol. The number of anilines is 1. The Morgan fingerprint density at radius 2 is 1.68 bits per heavy atom. The summed E-state index contributed by atoms with van der Waals surface area (Å²) in [5.41, 5.74) is 6.30. The minimum absolute atomic E-state index is 0.0853. The number of amides is 1. The molecule has 0 unspecified atom stereocenters. The van der Waals surface area contributed by atoms with Crippen LogP contribution in [0.2, 0.25) is 0 Å². The van der Waals surface area contributed by atoms with E-state index >= 15 is 0 Å². The molecule has 9 nitrogen and oxygen atoms in total. The van der Waals surface area contributed by atoms with Crippen LogP contribution in [-0.2, 0) is 25.3 Å². The average Bonchev–Trinajstić information content (AvgIpc) is 3.48. The van der Waals surface area contributed by atoms with Gasteiger partial charge in [0.05, 0.1) is 30.0 Å². The Labute approximate surface area is 178 Å². The fourth-order valence-electron chi connectivity index (χ4n) is 3.55. The molecule has 1 aromatic carbocycles. The molecule has 0 saturated heterocycles. The molecule has 0 atom stereocenters. The molecule has 154 valence electrons. The summed E-state index contributed by atoms with van der Waals surface area (Å²) in [4.78, 5) is 16.8. The summed E-state index contributed by atoms with van der Waals surface area (Å²) in [5.74, 6) is -0.0853. The van der Waals surface area contributed by atoms with Crippen molar-refractivity contribution in [3.63, 3.8) is 0 Å². The summed E-state index contributed by atoms with van der Waals surface area (Å²) in [6.07, 6.45) is 11.1. The molecule has 1 amide bonds. The number of nitrogens with one attached hydrogen (secondary N) is 1. The highest BCUT2D eigenvalue weighted by atomic mass is 16.1. The molecular formula is C22H20N8O. The van der Waals surface area contributed by atoms with Crippen LogP contribution in [-0.4, -0.2) is 40.1 Å². The normalized spacial score (nSPS) is 11.2. The van der Waals surface area contributed by atoms with E-state index in [9.17, 15) is 4.79 Å². The minimum atomic E-state index is -0.0853. The fraction of sp³-hybridized carbons (Fsp3) is 0.136. The lowest BCUT2D eigenvalue weighted by molar-refractivity contribution is -0.115. The van der Waals surface area contributed by atoms with Crippen molar-refractivity contribution in [1.82, 2.24) is 34.2 Å². The van der Waals surface area contributed by atoms with Crippen LogP contribution < -0.4 is 5.32 Å². The van der Waals surface area contributed by atoms with Gasteiger partial charge in [-0.1, -0.05) is 12.1 Å². The highest BCUT2D eigenvalue weighted by Gasteiger charge is 2.12. The molecule has 9 heteroatoms. The van der Waals surface area contributed by atoms with E-state index in [-0.39, 0.29) is 12.3 Å². The number of benzene rings is 1. The molecule has 4 heterocycles. The van der Waals surface area contributed by atoms with Gasteiger partial charge in [0.2, 0.25) is 5.91 Å². The smallest absolute Gasteiger partial charge is 0.228 e. The third kappa shape index (κ3) is 3.80. The third-order valence-corrected chi connectivity index (χ3v) is 5.01. The summed E-state index contributed by atoms with van der Waals surface area (Å²) in [7, 11) is 3.72. The molecule has 0 aliphatic heterocycles. The number of aromatic nitrogens is 7. The molecule has 31 heavy (non-hydrogen) atoms. The summed E-state index contributed by atoms with van der Waals surface area (Å²) in [5, 5.41) is 15.6. The summed E-state index contributed by atoms with van der Waals surface area (Å²) in [6, 6.07) is 9.69. The molecule has 0 fully saturated rings. The first-order valence-corrected chi connectivity index (χ1v) is 9.75. The second kappa shape index (κ2) is 7.52. The van der Waals surface area contributed by atoms with Crippen LogP contribution >= 0.6 is 0 Å². The van der Waals surface area contributed by atoms with Crippen molar-refractivity contribution < 1.29 is 4.79 Å². The van der Waals surface area contributed by atoms with Gasteiger partial charge in [-0.2, -0.15) is 15.3 Å². The maximum atomic E-state index is 12.3. The van der Waals surface area contributed by atoms with Crippen molar-refractivity contribution in [2.45, 2.75) is 6.42 Å². The predicted octanol–water partition coefficient (Wildman–Crippen LogP) is 2.71. The summed E-state index contributed by atoms with van der Waals surface area (Å²) < 4.78 is 5.26. The van der Waals surface area contributed by atoms with Crippen LogP contribution in [0, 0.1) is 0 Å². The van der Waals surface area contributed by atoms with Gasteiger partial charge in [0.1, 0.15) is 6.33 Å². The van der Waals surface area contributed by atoms with E-state index in [2.05, 4.69) is 31.7 Å². The maximum Gasteiger partial charge on any atom is 0.228 e. The number of nitrogens with zero attached hydrogens (tertiary/aromatic N) is 7. The van der Waals surface area contributed by atoms with Gasteiger partial charge in [0, 0.05) is 55.1 Å². The maximum absolute atomic E-state index is 12.3. The molecule has 0 radical (unpaired) electrons. The molecule has 0 bridgehead atoms. The third-order valence-electron chi connectivity index (χ3n) is 5.01. The number of hydrogen-bond donors (Lipinski definition) is 1. The van der Waals surface area contributed by atoms with Crippen molar-refractivity contribution >= 4 is 17.1 Å². The Hall–Kier alpha value is -4.27. The largest absolute Gasteiger partial charge is 0.326 e. The molecule has 5 rings (SSSR count). The van der Waals surface area contributed by atoms with Gasteiger partial charge in [-0.3, -0.25) is 14.2 Å². The van der Waals surface area contributed by atoms with Gasteiger partial charge in [-0.15, -0.1) is 0 Å². The zero-order chi connectivity index (χ0) is 21.4. The highest BCUT2D eigenvalue weighted by Crippen LogP contribution is 2.28. The van der Waals surface area contributed by atoms with E-state index in [0.29, 0.717) is 0 Å². The number of carbonyl (C=O) groups excluding carboxylic acids is 1. The first-order valence-electron chi connectivity index (χ1n) is 9.75. The average molecular weight is 412 g/mol. The quantitative estimate of drug-likeness (QED) is 0.479. The molecule has 1 N–H and O–H groups in total. The van der Waals surface area contributed by atoms with Crippen LogP contribution in [0.1, 0.15) is 5.56 Å². The number of aryl methyl sites for hydroxylation is 2. The van der Waals surface area contributed by atoms with Crippen LogP contribution in [0.4, 0.5) is 5.69 Å². The lowest BCUT2D eigenvalue weighted by Gasteiger charge is -2.07. The first-order chi connectivity index (χ1) is 15.0. The van der Waals surface area contributed by atoms with E-state index < -0.39 is 0 Å². The number of carbonyl (C=O) groups is 1. The molecule has 0 spiro atoms. The zero-order valence-electron chi connectivity index (χ0n) is 17.1. The Morgan fingerprint density at radius 1 is 0.903 bits per heavy atom. The predicted molar refractivity (Wildman–Crippen MR) is 116 cm³/mol. The van der Waals surface area contributed by atoms with Gasteiger partial charge >= 0.3 is 0 Å². The number of fused-ring (bicyclic) bond motifs is 1. The van der Waals surface area contributed by atoms with Gasteiger partial charge in [0.15, 0.2) is 0 Å². The number of rotatable bonds is 5. The second-order valence-corrected chi connectivity index (χ2v) is 7.39. The van der Waals surface area contributed by atoms with Gasteiger partial charge in [-0.05, 0) is 23.8 Å². The van der Waals surface area contributed by atoms with Crippen LogP contribution in [0.25, 0.3) is 27.9 Å². The minimum Gasteiger partial charge on any atom is -0.326 e. The van der Waals surface area contributed by atoms with Crippen molar-refractivity contribution in [3.8, 4) is 22.4 Å². The van der Waals surface area contributed by atoms with Crippen LogP contribution in [0.3, 0.4) is 0 Å². The molecule has 0 saturated carbocycles. The lowest BCUT2D eigenvalue weighted by atomic mass is 10.1. The van der Waals surface area contributed by atoms with Crippen molar-refractivity contribution in [1.29, 1.82) is 0 Å². The fourth-order valence-corrected chi connectivity index (χ4v) is 3.55. The molecular weight excluding hydrogens is 392 g/mol. The van der Waals surface area contributed by atoms with Crippen LogP contribution in [0.15, 0.2) is 67.6 Å². The zero-order valence-corrected chi connectivity index (χ0v) is 17.1. The van der Waals surface area contributed by atoms with E-state index in [1.54, 1.807) is 21.9 Å². The van der Waals surface area contributed by atoms with E-state index in [1.807, 2.05) is 67.7 Å². The highest BCUT2D eigenvalue weighted by molar-refractivity contribution is 5.92. The Kier molecular flexibility index (Phi) is 4.55. The molecule has 0 aliphatic rings. The molecule has 0 aliphatic carbocycles. The van der Waals surface area contributed by atoms with Gasteiger partial charge in [-0.25, -0.2) is 9.50 Å². The van der Waals surface area contributed by atoms with E-state index in [4.69, 9.17) is 0 Å². The Balaban J connectivity index is 1.38.